The molecule has 3 rings (SSSR count). The molecule has 0 saturated carbocycles. The summed E-state index contributed by atoms with van der Waals surface area (Å²) in [7, 11) is 0. The van der Waals surface area contributed by atoms with E-state index < -0.39 is 18.0 Å². The fraction of sp³-hybridized carbons (Fsp3) is 0.200. The van der Waals surface area contributed by atoms with Crippen molar-refractivity contribution in [2.24, 2.45) is 5.73 Å². The Balaban J connectivity index is 1.56. The van der Waals surface area contributed by atoms with Crippen LogP contribution in [0.5, 0.6) is 0 Å². The molecule has 0 bridgehead atoms. The maximum absolute atomic E-state index is 12.5. The van der Waals surface area contributed by atoms with Gasteiger partial charge in [0.05, 0.1) is 0 Å². The van der Waals surface area contributed by atoms with E-state index in [0.29, 0.717) is 6.42 Å². The van der Waals surface area contributed by atoms with Crippen molar-refractivity contribution in [3.8, 4) is 0 Å². The van der Waals surface area contributed by atoms with Crippen molar-refractivity contribution in [2.75, 3.05) is 11.9 Å². The van der Waals surface area contributed by atoms with Crippen molar-refractivity contribution in [1.29, 1.82) is 5.41 Å². The minimum Gasteiger partial charge on any atom is -0.392 e. The van der Waals surface area contributed by atoms with Crippen molar-refractivity contribution in [3.63, 3.8) is 0 Å². The van der Waals surface area contributed by atoms with Gasteiger partial charge in [0.25, 0.3) is 6.02 Å². The summed E-state index contributed by atoms with van der Waals surface area (Å²) in [5.74, 6) is -0.617. The predicted octanol–water partition coefficient (Wildman–Crippen LogP) is 4.42. The molecule has 0 saturated heterocycles. The second kappa shape index (κ2) is 12.3. The van der Waals surface area contributed by atoms with Crippen LogP contribution in [0.4, 0.5) is 5.69 Å². The molecule has 0 radical (unpaired) electrons. The van der Waals surface area contributed by atoms with Gasteiger partial charge in [-0.05, 0) is 60.0 Å². The number of hydrogen-bond donors (Lipinski definition) is 5. The van der Waals surface area contributed by atoms with Gasteiger partial charge in [0, 0.05) is 28.6 Å². The van der Waals surface area contributed by atoms with E-state index >= 15 is 0 Å². The summed E-state index contributed by atoms with van der Waals surface area (Å²) >= 11 is 10.5. The summed E-state index contributed by atoms with van der Waals surface area (Å²) in [5, 5.41) is 14.6. The largest absolute Gasteiger partial charge is 0.392 e. The molecule has 5 N–H and O–H groups in total. The van der Waals surface area contributed by atoms with Crippen LogP contribution in [0.15, 0.2) is 77.7 Å². The minimum atomic E-state index is -0.715. The number of benzene rings is 3. The molecule has 172 valence electrons. The normalized spacial score (nSPS) is 11.6. The fourth-order valence-corrected chi connectivity index (χ4v) is 3.82. The van der Waals surface area contributed by atoms with Crippen molar-refractivity contribution in [1.82, 2.24) is 5.32 Å². The van der Waals surface area contributed by atoms with Crippen LogP contribution < -0.4 is 16.4 Å². The third kappa shape index (κ3) is 8.13. The van der Waals surface area contributed by atoms with Gasteiger partial charge in [0.2, 0.25) is 0 Å². The van der Waals surface area contributed by atoms with Crippen LogP contribution >= 0.6 is 24.2 Å². The average molecular weight is 483 g/mol. The lowest BCUT2D eigenvalue weighted by atomic mass is 10.0. The third-order valence-corrected chi connectivity index (χ3v) is 5.69. The molecule has 0 amide bonds. The van der Waals surface area contributed by atoms with Crippen molar-refractivity contribution in [3.05, 3.63) is 94.5 Å². The number of esters is 1. The standard InChI is InChI=1S/C25H27ClN4O2S/c26-20-6-3-4-18(14-20)16-29-13-12-17-8-10-21(11-9-17)30-22(24(31)32-25(27)28)15-19-5-1-2-7-23(19)33/h1-11,14,22,29-30,33H,12-13,15-16H2,(H3,27,28). The highest BCUT2D eigenvalue weighted by Crippen LogP contribution is 2.19. The van der Waals surface area contributed by atoms with E-state index in [0.717, 1.165) is 46.2 Å². The van der Waals surface area contributed by atoms with Gasteiger partial charge >= 0.3 is 5.97 Å². The van der Waals surface area contributed by atoms with Crippen LogP contribution in [0, 0.1) is 5.41 Å². The zero-order chi connectivity index (χ0) is 23.6. The lowest BCUT2D eigenvalue weighted by molar-refractivity contribution is -0.136. The van der Waals surface area contributed by atoms with Gasteiger partial charge in [-0.15, -0.1) is 12.6 Å². The van der Waals surface area contributed by atoms with Gasteiger partial charge < -0.3 is 21.1 Å². The number of thiol groups is 1. The Kier molecular flexibility index (Phi) is 9.18. The highest BCUT2D eigenvalue weighted by Gasteiger charge is 2.22. The zero-order valence-electron chi connectivity index (χ0n) is 18.1. The van der Waals surface area contributed by atoms with Crippen LogP contribution in [0.25, 0.3) is 0 Å². The summed E-state index contributed by atoms with van der Waals surface area (Å²) in [4.78, 5) is 13.3. The Bertz CT molecular complexity index is 1090. The lowest BCUT2D eigenvalue weighted by Crippen LogP contribution is -2.36. The number of nitrogens with two attached hydrogens (primary N) is 1. The monoisotopic (exact) mass is 482 g/mol. The Morgan fingerprint density at radius 1 is 1.06 bits per heavy atom. The molecular weight excluding hydrogens is 456 g/mol. The van der Waals surface area contributed by atoms with Gasteiger partial charge in [-0.25, -0.2) is 4.79 Å². The first-order valence-electron chi connectivity index (χ1n) is 10.5. The molecular formula is C25H27ClN4O2S. The molecule has 0 heterocycles. The number of ether oxygens (including phenoxy) is 1. The van der Waals surface area contributed by atoms with E-state index in [-0.39, 0.29) is 0 Å². The number of rotatable bonds is 10. The number of carbonyl (C=O) groups is 1. The number of nitrogens with one attached hydrogen (secondary N) is 3. The number of halogens is 1. The first-order chi connectivity index (χ1) is 15.9. The minimum absolute atomic E-state index is 0.348. The summed E-state index contributed by atoms with van der Waals surface area (Å²) in [6, 6.07) is 21.9. The second-order valence-electron chi connectivity index (χ2n) is 7.57. The van der Waals surface area contributed by atoms with E-state index in [4.69, 9.17) is 27.5 Å². The maximum Gasteiger partial charge on any atom is 0.336 e. The molecule has 0 aliphatic heterocycles. The first kappa shape index (κ1) is 24.6. The molecule has 1 atom stereocenters. The van der Waals surface area contributed by atoms with Crippen LogP contribution in [-0.2, 0) is 28.9 Å². The second-order valence-corrected chi connectivity index (χ2v) is 8.49. The highest BCUT2D eigenvalue weighted by atomic mass is 35.5. The first-order valence-corrected chi connectivity index (χ1v) is 11.4. The van der Waals surface area contributed by atoms with Crippen LogP contribution in [0.2, 0.25) is 5.02 Å². The maximum atomic E-state index is 12.5. The van der Waals surface area contributed by atoms with Gasteiger partial charge in [0.15, 0.2) is 0 Å². The van der Waals surface area contributed by atoms with Crippen molar-refractivity contribution < 1.29 is 9.53 Å². The average Bonchev–Trinajstić information content (AvgIpc) is 2.78. The number of hydrogen-bond acceptors (Lipinski definition) is 6. The van der Waals surface area contributed by atoms with Gasteiger partial charge in [0.1, 0.15) is 6.04 Å². The summed E-state index contributed by atoms with van der Waals surface area (Å²) in [6.45, 7) is 1.58. The molecule has 1 unspecified atom stereocenters. The predicted molar refractivity (Wildman–Crippen MR) is 136 cm³/mol. The molecule has 0 aliphatic rings. The van der Waals surface area contributed by atoms with Crippen LogP contribution in [0.3, 0.4) is 0 Å². The molecule has 3 aromatic carbocycles. The van der Waals surface area contributed by atoms with E-state index in [1.54, 1.807) is 0 Å². The van der Waals surface area contributed by atoms with Crippen LogP contribution in [0.1, 0.15) is 16.7 Å². The van der Waals surface area contributed by atoms with E-state index in [1.807, 2.05) is 72.8 Å². The molecule has 33 heavy (non-hydrogen) atoms. The molecule has 8 heteroatoms. The summed E-state index contributed by atoms with van der Waals surface area (Å²) in [5.41, 5.74) is 9.23. The molecule has 6 nitrogen and oxygen atoms in total. The Morgan fingerprint density at radius 2 is 1.82 bits per heavy atom. The quantitative estimate of drug-likeness (QED) is 0.0968. The summed E-state index contributed by atoms with van der Waals surface area (Å²) in [6.07, 6.45) is 1.21. The number of anilines is 1. The Labute approximate surface area is 204 Å². The third-order valence-electron chi connectivity index (χ3n) is 5.01. The van der Waals surface area contributed by atoms with Gasteiger partial charge in [-0.1, -0.05) is 54.1 Å². The SMILES string of the molecule is N=C(N)OC(=O)C(Cc1ccccc1S)Nc1ccc(CCNCc2cccc(Cl)c2)cc1. The van der Waals surface area contributed by atoms with Gasteiger partial charge in [-0.3, -0.25) is 5.41 Å². The lowest BCUT2D eigenvalue weighted by Gasteiger charge is -2.19. The topological polar surface area (TPSA) is 100 Å². The zero-order valence-corrected chi connectivity index (χ0v) is 19.7. The summed E-state index contributed by atoms with van der Waals surface area (Å²) < 4.78 is 4.85. The van der Waals surface area contributed by atoms with E-state index in [9.17, 15) is 4.79 Å². The highest BCUT2D eigenvalue weighted by molar-refractivity contribution is 7.80. The Morgan fingerprint density at radius 3 is 2.52 bits per heavy atom. The molecule has 0 aromatic heterocycles. The molecule has 0 aliphatic carbocycles. The number of amidine groups is 1. The fourth-order valence-electron chi connectivity index (χ4n) is 3.36. The molecule has 0 spiro atoms. The van der Waals surface area contributed by atoms with E-state index in [1.165, 1.54) is 5.56 Å². The van der Waals surface area contributed by atoms with Gasteiger partial charge in [-0.2, -0.15) is 0 Å². The molecule has 0 fully saturated rings. The molecule has 3 aromatic rings. The van der Waals surface area contributed by atoms with Crippen molar-refractivity contribution >= 4 is 41.9 Å². The van der Waals surface area contributed by atoms with E-state index in [2.05, 4.69) is 23.3 Å². The number of carbonyl (C=O) groups excluding carboxylic acids is 1. The smallest absolute Gasteiger partial charge is 0.336 e. The Hall–Kier alpha value is -3.00. The van der Waals surface area contributed by atoms with Crippen molar-refractivity contribution in [2.45, 2.75) is 30.3 Å². The van der Waals surface area contributed by atoms with Crippen LogP contribution in [-0.4, -0.2) is 24.6 Å².